The number of benzene rings is 2. The van der Waals surface area contributed by atoms with Gasteiger partial charge in [-0.3, -0.25) is 34.4 Å². The highest BCUT2D eigenvalue weighted by molar-refractivity contribution is 6.06. The van der Waals surface area contributed by atoms with Crippen molar-refractivity contribution in [2.45, 2.75) is 57.1 Å². The minimum absolute atomic E-state index is 0.136. The minimum Gasteiger partial charge on any atom is -0.381 e. The van der Waals surface area contributed by atoms with Crippen LogP contribution in [0.25, 0.3) is 0 Å². The van der Waals surface area contributed by atoms with Gasteiger partial charge in [0.1, 0.15) is 6.04 Å². The molecule has 6 rings (SSSR count). The first-order valence-corrected chi connectivity index (χ1v) is 14.3. The van der Waals surface area contributed by atoms with Crippen LogP contribution in [-0.4, -0.2) is 89.0 Å². The second-order valence-corrected chi connectivity index (χ2v) is 11.1. The topological polar surface area (TPSA) is 114 Å². The van der Waals surface area contributed by atoms with Crippen LogP contribution in [0, 0.1) is 0 Å². The van der Waals surface area contributed by atoms with Crippen LogP contribution in [0.1, 0.15) is 59.0 Å². The average molecular weight is 548 g/mol. The van der Waals surface area contributed by atoms with Gasteiger partial charge in [0.2, 0.25) is 11.8 Å². The van der Waals surface area contributed by atoms with E-state index in [0.29, 0.717) is 29.4 Å². The highest BCUT2D eigenvalue weighted by Crippen LogP contribution is 2.39. The van der Waals surface area contributed by atoms with Crippen molar-refractivity contribution in [1.82, 2.24) is 20.0 Å². The fourth-order valence-electron chi connectivity index (χ4n) is 6.44. The molecule has 212 valence electrons. The van der Waals surface area contributed by atoms with Gasteiger partial charge in [0.05, 0.1) is 13.2 Å². The number of anilines is 1. The molecule has 2 aromatic carbocycles. The molecule has 0 aromatic heterocycles. The molecule has 2 unspecified atom stereocenters. The first-order chi connectivity index (χ1) is 19.5. The second kappa shape index (κ2) is 11.7. The van der Waals surface area contributed by atoms with Crippen molar-refractivity contribution < 1.29 is 24.2 Å². The van der Waals surface area contributed by atoms with Crippen LogP contribution in [0.5, 0.6) is 0 Å². The predicted molar refractivity (Wildman–Crippen MR) is 148 cm³/mol. The summed E-state index contributed by atoms with van der Waals surface area (Å²) in [4.78, 5) is 43.4. The number of carbonyl (C=O) groups is 3. The zero-order chi connectivity index (χ0) is 27.6. The summed E-state index contributed by atoms with van der Waals surface area (Å²) in [5.74, 6) is -1.31. The molecule has 3 amide bonds. The molecule has 10 heteroatoms. The van der Waals surface area contributed by atoms with Crippen molar-refractivity contribution >= 4 is 23.4 Å². The molecule has 4 aliphatic rings. The number of amides is 3. The normalized spacial score (nSPS) is 24.7. The van der Waals surface area contributed by atoms with E-state index >= 15 is 0 Å². The minimum atomic E-state index is -1.26. The van der Waals surface area contributed by atoms with Gasteiger partial charge in [-0.25, -0.2) is 0 Å². The molecule has 3 saturated heterocycles. The number of fused-ring (bicyclic) bond motifs is 1. The molecule has 0 saturated carbocycles. The van der Waals surface area contributed by atoms with Gasteiger partial charge in [-0.1, -0.05) is 30.3 Å². The quantitative estimate of drug-likeness (QED) is 0.450. The van der Waals surface area contributed by atoms with Crippen LogP contribution in [-0.2, 0) is 27.4 Å². The molecular weight excluding hydrogens is 510 g/mol. The zero-order valence-corrected chi connectivity index (χ0v) is 22.7. The van der Waals surface area contributed by atoms with Crippen molar-refractivity contribution in [3.8, 4) is 0 Å². The highest BCUT2D eigenvalue weighted by atomic mass is 16.5. The largest absolute Gasteiger partial charge is 0.381 e. The first-order valence-electron chi connectivity index (χ1n) is 14.3. The number of aliphatic hydroxyl groups excluding tert-OH is 1. The number of morpholine rings is 1. The molecule has 0 bridgehead atoms. The van der Waals surface area contributed by atoms with Crippen molar-refractivity contribution in [3.63, 3.8) is 0 Å². The number of ether oxygens (including phenoxy) is 1. The maximum absolute atomic E-state index is 13.1. The zero-order valence-electron chi connectivity index (χ0n) is 22.7. The lowest BCUT2D eigenvalue weighted by Gasteiger charge is -2.40. The number of hydrogen-bond acceptors (Lipinski definition) is 8. The Morgan fingerprint density at radius 3 is 2.38 bits per heavy atom. The number of nitrogens with zero attached hydrogens (tertiary/aromatic N) is 3. The first kappa shape index (κ1) is 26.9. The van der Waals surface area contributed by atoms with Gasteiger partial charge >= 0.3 is 0 Å². The summed E-state index contributed by atoms with van der Waals surface area (Å²) >= 11 is 0. The molecule has 0 aliphatic carbocycles. The van der Waals surface area contributed by atoms with Gasteiger partial charge in [0.25, 0.3) is 5.91 Å². The lowest BCUT2D eigenvalue weighted by atomic mass is 10.0. The third-order valence-corrected chi connectivity index (χ3v) is 8.67. The Kier molecular flexibility index (Phi) is 7.84. The van der Waals surface area contributed by atoms with E-state index in [9.17, 15) is 19.5 Å². The number of likely N-dealkylation sites (tertiary alicyclic amines) is 1. The Labute approximate surface area is 234 Å². The van der Waals surface area contributed by atoms with Gasteiger partial charge in [-0.15, -0.1) is 0 Å². The van der Waals surface area contributed by atoms with E-state index in [2.05, 4.69) is 44.7 Å². The molecule has 4 heterocycles. The SMILES string of the molecule is O=C1CCC(N2C(=O)c3cccc(NCc4ccc(CN5CCC(N6CCOCC6)CC5)cc4)c3C2O)C(=O)N1. The molecule has 0 radical (unpaired) electrons. The van der Waals surface area contributed by atoms with Crippen LogP contribution >= 0.6 is 0 Å². The summed E-state index contributed by atoms with van der Waals surface area (Å²) in [5, 5.41) is 16.7. The number of carbonyl (C=O) groups excluding carboxylic acids is 3. The van der Waals surface area contributed by atoms with E-state index in [4.69, 9.17) is 4.74 Å². The molecule has 0 spiro atoms. The maximum Gasteiger partial charge on any atom is 0.257 e. The van der Waals surface area contributed by atoms with E-state index < -0.39 is 24.1 Å². The van der Waals surface area contributed by atoms with Gasteiger partial charge in [-0.05, 0) is 55.6 Å². The Morgan fingerprint density at radius 1 is 0.925 bits per heavy atom. The predicted octanol–water partition coefficient (Wildman–Crippen LogP) is 1.85. The number of hydrogen-bond donors (Lipinski definition) is 3. The fourth-order valence-corrected chi connectivity index (χ4v) is 6.44. The molecule has 3 N–H and O–H groups in total. The van der Waals surface area contributed by atoms with E-state index in [1.54, 1.807) is 12.1 Å². The Bertz CT molecular complexity index is 1250. The summed E-state index contributed by atoms with van der Waals surface area (Å²) in [5.41, 5.74) is 3.87. The number of nitrogens with one attached hydrogen (secondary N) is 2. The van der Waals surface area contributed by atoms with E-state index in [-0.39, 0.29) is 18.7 Å². The summed E-state index contributed by atoms with van der Waals surface area (Å²) in [6, 6.07) is 13.6. The van der Waals surface area contributed by atoms with E-state index in [1.165, 1.54) is 23.3 Å². The van der Waals surface area contributed by atoms with Crippen molar-refractivity contribution in [2.75, 3.05) is 44.7 Å². The summed E-state index contributed by atoms with van der Waals surface area (Å²) in [7, 11) is 0. The molecule has 4 aliphatic heterocycles. The molecular formula is C30H37N5O5. The monoisotopic (exact) mass is 547 g/mol. The van der Waals surface area contributed by atoms with Crippen LogP contribution in [0.3, 0.4) is 0 Å². The Morgan fingerprint density at radius 2 is 1.65 bits per heavy atom. The number of imide groups is 1. The Balaban J connectivity index is 1.04. The number of piperidine rings is 2. The number of rotatable bonds is 7. The third kappa shape index (κ3) is 5.49. The lowest BCUT2D eigenvalue weighted by molar-refractivity contribution is -0.139. The van der Waals surface area contributed by atoms with Crippen LogP contribution in [0.2, 0.25) is 0 Å². The van der Waals surface area contributed by atoms with E-state index in [0.717, 1.165) is 51.5 Å². The van der Waals surface area contributed by atoms with Crippen LogP contribution < -0.4 is 10.6 Å². The van der Waals surface area contributed by atoms with Gasteiger partial charge < -0.3 is 15.2 Å². The smallest absolute Gasteiger partial charge is 0.257 e. The molecule has 2 aromatic rings. The number of aliphatic hydroxyl groups is 1. The van der Waals surface area contributed by atoms with E-state index in [1.807, 2.05) is 6.07 Å². The van der Waals surface area contributed by atoms with Gasteiger partial charge in [0.15, 0.2) is 6.23 Å². The molecule has 40 heavy (non-hydrogen) atoms. The van der Waals surface area contributed by atoms with Gasteiger partial charge in [0, 0.05) is 55.5 Å². The molecule has 2 atom stereocenters. The van der Waals surface area contributed by atoms with Crippen LogP contribution in [0.15, 0.2) is 42.5 Å². The Hall–Kier alpha value is -3.31. The third-order valence-electron chi connectivity index (χ3n) is 8.67. The van der Waals surface area contributed by atoms with Crippen molar-refractivity contribution in [3.05, 3.63) is 64.7 Å². The maximum atomic E-state index is 13.1. The average Bonchev–Trinajstić information content (AvgIpc) is 3.23. The lowest BCUT2D eigenvalue weighted by Crippen LogP contribution is -2.53. The highest BCUT2D eigenvalue weighted by Gasteiger charge is 2.45. The summed E-state index contributed by atoms with van der Waals surface area (Å²) in [6.45, 7) is 7.52. The summed E-state index contributed by atoms with van der Waals surface area (Å²) < 4.78 is 5.50. The molecule has 3 fully saturated rings. The van der Waals surface area contributed by atoms with Crippen molar-refractivity contribution in [1.29, 1.82) is 0 Å². The standard InChI is InChI=1S/C30H37N5O5/c36-26-9-8-25(28(37)32-26)35-29(38)23-2-1-3-24(27(23)30(35)39)31-18-20-4-6-21(7-5-20)19-33-12-10-22(11-13-33)34-14-16-40-17-15-34/h1-7,22,25,30-31,39H,8-19H2,(H,32,36,37). The van der Waals surface area contributed by atoms with Crippen molar-refractivity contribution in [2.24, 2.45) is 0 Å². The summed E-state index contributed by atoms with van der Waals surface area (Å²) in [6.07, 6.45) is 1.49. The molecule has 10 nitrogen and oxygen atoms in total. The fraction of sp³-hybridized carbons (Fsp3) is 0.500. The van der Waals surface area contributed by atoms with Crippen LogP contribution in [0.4, 0.5) is 5.69 Å². The van der Waals surface area contributed by atoms with Gasteiger partial charge in [-0.2, -0.15) is 0 Å². The second-order valence-electron chi connectivity index (χ2n) is 11.1.